The molecule has 2 aliphatic heterocycles. The number of benzene rings is 3. The molecule has 3 aromatic carbocycles. The number of nitrogens with zero attached hydrogens (tertiary/aromatic N) is 2. The molecule has 7 rings (SSSR count). The highest BCUT2D eigenvalue weighted by Crippen LogP contribution is 2.65. The van der Waals surface area contributed by atoms with Gasteiger partial charge in [0.15, 0.2) is 0 Å². The number of nitrogens with one attached hydrogen (secondary N) is 2. The van der Waals surface area contributed by atoms with Crippen molar-refractivity contribution in [3.05, 3.63) is 94.2 Å². The summed E-state index contributed by atoms with van der Waals surface area (Å²) in [6.07, 6.45) is -0.877. The third-order valence-electron chi connectivity index (χ3n) is 8.37. The van der Waals surface area contributed by atoms with Crippen LogP contribution in [-0.4, -0.2) is 64.6 Å². The third kappa shape index (κ3) is 5.92. The van der Waals surface area contributed by atoms with Gasteiger partial charge < -0.3 is 15.2 Å². The summed E-state index contributed by atoms with van der Waals surface area (Å²) in [4.78, 5) is 23.7. The van der Waals surface area contributed by atoms with Crippen molar-refractivity contribution in [1.29, 1.82) is 0 Å². The summed E-state index contributed by atoms with van der Waals surface area (Å²) in [5.74, 6) is -3.69. The van der Waals surface area contributed by atoms with Crippen molar-refractivity contribution in [2.24, 2.45) is 0 Å². The van der Waals surface area contributed by atoms with E-state index >= 15 is 0 Å². The van der Waals surface area contributed by atoms with Crippen molar-refractivity contribution in [2.75, 3.05) is 31.6 Å². The first-order valence-electron chi connectivity index (χ1n) is 14.1. The molecular weight excluding hydrogens is 599 g/mol. The Labute approximate surface area is 253 Å². The van der Waals surface area contributed by atoms with Gasteiger partial charge in [-0.15, -0.1) is 0 Å². The predicted molar refractivity (Wildman–Crippen MR) is 155 cm³/mol. The quantitative estimate of drug-likeness (QED) is 0.240. The normalized spacial score (nSPS) is 21.1. The SMILES string of the molecule is O=C(O)C(F)(F)F.O=C1Nc2ccccc2[C@]12C[C@H]2c1ccc2c(/C=C/c3cc(F)c(CN4CCOCC4)c(F)c3)n[nH]c2c1. The molecule has 1 saturated heterocycles. The molecule has 3 aliphatic rings. The lowest BCUT2D eigenvalue weighted by atomic mass is 9.92. The van der Waals surface area contributed by atoms with Gasteiger partial charge in [-0.3, -0.25) is 14.8 Å². The van der Waals surface area contributed by atoms with Crippen LogP contribution in [0.2, 0.25) is 0 Å². The molecule has 1 saturated carbocycles. The molecule has 8 nitrogen and oxygen atoms in total. The number of aromatic nitrogens is 2. The van der Waals surface area contributed by atoms with Crippen LogP contribution in [0.25, 0.3) is 23.1 Å². The molecule has 4 aromatic rings. The number of aromatic amines is 1. The van der Waals surface area contributed by atoms with Gasteiger partial charge in [-0.2, -0.15) is 18.3 Å². The fourth-order valence-corrected chi connectivity index (χ4v) is 5.98. The molecule has 1 spiro atoms. The molecule has 3 heterocycles. The van der Waals surface area contributed by atoms with Crippen LogP contribution in [0.1, 0.15) is 40.3 Å². The zero-order chi connectivity index (χ0) is 31.9. The fraction of sp³-hybridized carbons (Fsp3) is 0.281. The average molecular weight is 627 g/mol. The van der Waals surface area contributed by atoms with E-state index in [-0.39, 0.29) is 23.9 Å². The van der Waals surface area contributed by atoms with Crippen LogP contribution in [0.4, 0.5) is 27.6 Å². The first kappa shape index (κ1) is 30.4. The van der Waals surface area contributed by atoms with E-state index < -0.39 is 29.2 Å². The van der Waals surface area contributed by atoms with Crippen LogP contribution < -0.4 is 5.32 Å². The van der Waals surface area contributed by atoms with Crippen molar-refractivity contribution >= 4 is 40.6 Å². The van der Waals surface area contributed by atoms with Crippen LogP contribution in [0.5, 0.6) is 0 Å². The number of H-pyrrole nitrogens is 1. The number of morpholine rings is 1. The summed E-state index contributed by atoms with van der Waals surface area (Å²) in [5.41, 5.74) is 4.62. The number of carbonyl (C=O) groups excluding carboxylic acids is 1. The van der Waals surface area contributed by atoms with E-state index in [1.807, 2.05) is 47.4 Å². The Kier molecular flexibility index (Phi) is 7.91. The van der Waals surface area contributed by atoms with Gasteiger partial charge in [0, 0.05) is 42.2 Å². The van der Waals surface area contributed by atoms with Gasteiger partial charge in [0.05, 0.1) is 29.8 Å². The smallest absolute Gasteiger partial charge is 0.475 e. The molecule has 13 heteroatoms. The second kappa shape index (κ2) is 11.7. The Morgan fingerprint density at radius 3 is 2.44 bits per heavy atom. The summed E-state index contributed by atoms with van der Waals surface area (Å²) < 4.78 is 66.6. The number of carbonyl (C=O) groups is 2. The van der Waals surface area contributed by atoms with Crippen LogP contribution in [0.15, 0.2) is 54.6 Å². The average Bonchev–Trinajstić information content (AvgIpc) is 3.54. The largest absolute Gasteiger partial charge is 0.490 e. The Bertz CT molecular complexity index is 1790. The van der Waals surface area contributed by atoms with Crippen LogP contribution in [0, 0.1) is 11.6 Å². The van der Waals surface area contributed by atoms with Gasteiger partial charge in [0.1, 0.15) is 11.6 Å². The van der Waals surface area contributed by atoms with Gasteiger partial charge in [-0.05, 0) is 53.5 Å². The van der Waals surface area contributed by atoms with E-state index in [9.17, 15) is 26.7 Å². The van der Waals surface area contributed by atoms with Crippen LogP contribution in [0.3, 0.4) is 0 Å². The highest BCUT2D eigenvalue weighted by molar-refractivity contribution is 6.09. The third-order valence-corrected chi connectivity index (χ3v) is 8.37. The molecule has 45 heavy (non-hydrogen) atoms. The Balaban J connectivity index is 0.000000460. The number of amides is 1. The van der Waals surface area contributed by atoms with E-state index in [1.165, 1.54) is 12.1 Å². The molecule has 234 valence electrons. The monoisotopic (exact) mass is 626 g/mol. The summed E-state index contributed by atoms with van der Waals surface area (Å²) in [6, 6.07) is 16.7. The minimum Gasteiger partial charge on any atom is -0.475 e. The number of para-hydroxylation sites is 1. The number of rotatable bonds is 5. The first-order chi connectivity index (χ1) is 21.5. The summed E-state index contributed by atoms with van der Waals surface area (Å²) in [5, 5.41) is 18.5. The van der Waals surface area contributed by atoms with E-state index in [0.717, 1.165) is 34.1 Å². The predicted octanol–water partition coefficient (Wildman–Crippen LogP) is 5.85. The highest BCUT2D eigenvalue weighted by atomic mass is 19.4. The lowest BCUT2D eigenvalue weighted by Gasteiger charge is -2.26. The number of fused-ring (bicyclic) bond motifs is 3. The van der Waals surface area contributed by atoms with Crippen molar-refractivity contribution in [2.45, 2.75) is 30.5 Å². The van der Waals surface area contributed by atoms with Crippen molar-refractivity contribution in [3.8, 4) is 0 Å². The molecule has 2 fully saturated rings. The Morgan fingerprint density at radius 1 is 1.07 bits per heavy atom. The molecule has 0 bridgehead atoms. The maximum absolute atomic E-state index is 14.8. The van der Waals surface area contributed by atoms with E-state index in [1.54, 1.807) is 12.2 Å². The second-order valence-electron chi connectivity index (χ2n) is 11.1. The van der Waals surface area contributed by atoms with E-state index in [2.05, 4.69) is 15.5 Å². The van der Waals surface area contributed by atoms with Crippen molar-refractivity contribution in [1.82, 2.24) is 15.1 Å². The lowest BCUT2D eigenvalue weighted by Crippen LogP contribution is -2.36. The molecule has 1 aliphatic carbocycles. The number of halogens is 5. The minimum atomic E-state index is -5.08. The number of alkyl halides is 3. The summed E-state index contributed by atoms with van der Waals surface area (Å²) in [6.45, 7) is 2.71. The topological polar surface area (TPSA) is 108 Å². The molecule has 0 radical (unpaired) electrons. The summed E-state index contributed by atoms with van der Waals surface area (Å²) >= 11 is 0. The summed E-state index contributed by atoms with van der Waals surface area (Å²) in [7, 11) is 0. The Morgan fingerprint density at radius 2 is 1.76 bits per heavy atom. The van der Waals surface area contributed by atoms with Gasteiger partial charge in [-0.25, -0.2) is 13.6 Å². The lowest BCUT2D eigenvalue weighted by molar-refractivity contribution is -0.192. The molecule has 1 amide bonds. The number of carboxylic acids is 1. The molecular formula is C32H27F5N4O4. The minimum absolute atomic E-state index is 0.0625. The number of hydrogen-bond acceptors (Lipinski definition) is 5. The van der Waals surface area contributed by atoms with Crippen LogP contribution >= 0.6 is 0 Å². The number of anilines is 1. The maximum atomic E-state index is 14.8. The van der Waals surface area contributed by atoms with Crippen molar-refractivity contribution < 1.29 is 41.4 Å². The maximum Gasteiger partial charge on any atom is 0.490 e. The molecule has 0 unspecified atom stereocenters. The molecule has 1 aromatic heterocycles. The van der Waals surface area contributed by atoms with Crippen LogP contribution in [-0.2, 0) is 26.3 Å². The number of aliphatic carboxylic acids is 1. The first-order valence-corrected chi connectivity index (χ1v) is 14.1. The van der Waals surface area contributed by atoms with Gasteiger partial charge in [0.2, 0.25) is 5.91 Å². The molecule has 3 N–H and O–H groups in total. The van der Waals surface area contributed by atoms with Gasteiger partial charge in [0.25, 0.3) is 0 Å². The van der Waals surface area contributed by atoms with Gasteiger partial charge in [-0.1, -0.05) is 36.4 Å². The zero-order valence-corrected chi connectivity index (χ0v) is 23.6. The number of ether oxygens (including phenoxy) is 1. The van der Waals surface area contributed by atoms with E-state index in [4.69, 9.17) is 14.6 Å². The molecule has 2 atom stereocenters. The fourth-order valence-electron chi connectivity index (χ4n) is 5.98. The van der Waals surface area contributed by atoms with E-state index in [0.29, 0.717) is 37.6 Å². The Hall–Kier alpha value is -4.62. The van der Waals surface area contributed by atoms with Crippen molar-refractivity contribution in [3.63, 3.8) is 0 Å². The van der Waals surface area contributed by atoms with Gasteiger partial charge >= 0.3 is 12.1 Å². The highest BCUT2D eigenvalue weighted by Gasteiger charge is 2.65. The number of hydrogen-bond donors (Lipinski definition) is 3. The second-order valence-corrected chi connectivity index (χ2v) is 11.1. The zero-order valence-electron chi connectivity index (χ0n) is 23.6. The number of carboxylic acid groups (broad SMARTS) is 1. The standard InChI is InChI=1S/C30H26F2N4O2.C2HF3O2/c31-24-13-18(14-25(32)21(24)17-36-9-11-38-12-10-36)5-8-26-20-7-6-19(15-28(20)35-34-26)23-16-30(23)22-3-1-2-4-27(22)33-29(30)37;3-2(4,5)1(6)7/h1-8,13-15,23H,9-12,16-17H2,(H,33,37)(H,34,35);(H,6,7)/b8-5+;/t23-,30-;/m0./s1.